The number of methoxy groups -OCH3 is 3. The van der Waals surface area contributed by atoms with Crippen LogP contribution in [-0.2, 0) is 33.2 Å². The van der Waals surface area contributed by atoms with Crippen LogP contribution in [0.2, 0.25) is 0 Å². The molecule has 7 nitrogen and oxygen atoms in total. The van der Waals surface area contributed by atoms with Gasteiger partial charge in [-0.2, -0.15) is 0 Å². The molecule has 1 aliphatic carbocycles. The highest BCUT2D eigenvalue weighted by atomic mass is 16.8. The van der Waals surface area contributed by atoms with Crippen LogP contribution in [0.15, 0.2) is 11.6 Å². The normalized spacial score (nSPS) is 47.5. The average molecular weight is 344 g/mol. The van der Waals surface area contributed by atoms with Crippen molar-refractivity contribution < 1.29 is 33.2 Å². The van der Waals surface area contributed by atoms with Crippen LogP contribution < -0.4 is 0 Å². The molecule has 2 saturated heterocycles. The van der Waals surface area contributed by atoms with Crippen molar-refractivity contribution in [3.8, 4) is 0 Å². The topological polar surface area (TPSA) is 64.6 Å². The zero-order valence-electron chi connectivity index (χ0n) is 15.5. The molecule has 0 bridgehead atoms. The Kier molecular flexibility index (Phi) is 4.58. The van der Waals surface area contributed by atoms with Gasteiger partial charge in [-0.05, 0) is 39.3 Å². The molecule has 0 amide bonds. The fraction of sp³-hybridized carbons (Fsp3) is 0.882. The van der Waals surface area contributed by atoms with Gasteiger partial charge in [-0.1, -0.05) is 0 Å². The molecular formula is C17H28O7. The molecule has 0 saturated carbocycles. The SMILES string of the molecule is CO[C@H]1C=C2COC(C)(C)O[C@H]2[C@@H]2O[C@@](C)(OC)[C@](C)(OC)O[C@H]21. The van der Waals surface area contributed by atoms with Gasteiger partial charge in [0, 0.05) is 21.3 Å². The van der Waals surface area contributed by atoms with Gasteiger partial charge in [0.1, 0.15) is 24.4 Å². The second-order valence-electron chi connectivity index (χ2n) is 7.13. The van der Waals surface area contributed by atoms with E-state index in [4.69, 9.17) is 33.2 Å². The van der Waals surface area contributed by atoms with Gasteiger partial charge in [0.05, 0.1) is 6.61 Å². The monoisotopic (exact) mass is 344 g/mol. The molecule has 0 radical (unpaired) electrons. The van der Waals surface area contributed by atoms with Crippen molar-refractivity contribution in [1.82, 2.24) is 0 Å². The van der Waals surface area contributed by atoms with Gasteiger partial charge in [0.15, 0.2) is 5.79 Å². The molecule has 0 spiro atoms. The van der Waals surface area contributed by atoms with E-state index in [2.05, 4.69) is 0 Å². The first-order chi connectivity index (χ1) is 11.2. The van der Waals surface area contributed by atoms with Gasteiger partial charge in [0.25, 0.3) is 0 Å². The zero-order chi connectivity index (χ0) is 17.8. The molecule has 7 heteroatoms. The minimum Gasteiger partial charge on any atom is -0.375 e. The third kappa shape index (κ3) is 2.72. The van der Waals surface area contributed by atoms with Crippen LogP contribution >= 0.6 is 0 Å². The number of hydrogen-bond donors (Lipinski definition) is 0. The van der Waals surface area contributed by atoms with Crippen LogP contribution in [0.1, 0.15) is 27.7 Å². The largest absolute Gasteiger partial charge is 0.375 e. The Morgan fingerprint density at radius 3 is 2.04 bits per heavy atom. The van der Waals surface area contributed by atoms with Crippen LogP contribution in [0, 0.1) is 0 Å². The molecule has 2 heterocycles. The molecule has 0 aromatic heterocycles. The summed E-state index contributed by atoms with van der Waals surface area (Å²) in [5.74, 6) is -2.86. The van der Waals surface area contributed by atoms with Crippen molar-refractivity contribution in [3.63, 3.8) is 0 Å². The van der Waals surface area contributed by atoms with Crippen molar-refractivity contribution >= 4 is 0 Å². The zero-order valence-corrected chi connectivity index (χ0v) is 15.5. The van der Waals surface area contributed by atoms with Crippen LogP contribution in [0.25, 0.3) is 0 Å². The molecule has 3 aliphatic rings. The molecule has 0 N–H and O–H groups in total. The first-order valence-corrected chi connectivity index (χ1v) is 8.20. The maximum atomic E-state index is 6.35. The average Bonchev–Trinajstić information content (AvgIpc) is 2.55. The lowest BCUT2D eigenvalue weighted by Gasteiger charge is -2.57. The Balaban J connectivity index is 1.99. The van der Waals surface area contributed by atoms with Gasteiger partial charge in [-0.3, -0.25) is 0 Å². The highest BCUT2D eigenvalue weighted by Crippen LogP contribution is 2.46. The Morgan fingerprint density at radius 1 is 0.917 bits per heavy atom. The van der Waals surface area contributed by atoms with E-state index in [1.807, 2.05) is 19.9 Å². The van der Waals surface area contributed by atoms with Crippen LogP contribution in [0.3, 0.4) is 0 Å². The van der Waals surface area contributed by atoms with E-state index in [1.165, 1.54) is 0 Å². The second-order valence-corrected chi connectivity index (χ2v) is 7.13. The summed E-state index contributed by atoms with van der Waals surface area (Å²) in [4.78, 5) is 0. The quantitative estimate of drug-likeness (QED) is 0.721. The highest BCUT2D eigenvalue weighted by Gasteiger charge is 2.61. The van der Waals surface area contributed by atoms with Gasteiger partial charge in [0.2, 0.25) is 11.6 Å². The van der Waals surface area contributed by atoms with Crippen molar-refractivity contribution in [2.75, 3.05) is 27.9 Å². The van der Waals surface area contributed by atoms with E-state index < -0.39 is 23.5 Å². The predicted molar refractivity (Wildman–Crippen MR) is 84.4 cm³/mol. The summed E-state index contributed by atoms with van der Waals surface area (Å²) in [5.41, 5.74) is 0.991. The maximum Gasteiger partial charge on any atom is 0.220 e. The van der Waals surface area contributed by atoms with Crippen molar-refractivity contribution in [2.45, 2.75) is 69.5 Å². The van der Waals surface area contributed by atoms with Crippen molar-refractivity contribution in [1.29, 1.82) is 0 Å². The summed E-state index contributed by atoms with van der Waals surface area (Å²) in [7, 11) is 4.79. The van der Waals surface area contributed by atoms with E-state index in [1.54, 1.807) is 35.2 Å². The minimum absolute atomic E-state index is 0.287. The highest BCUT2D eigenvalue weighted by molar-refractivity contribution is 5.24. The third-order valence-electron chi connectivity index (χ3n) is 5.29. The molecule has 2 fully saturated rings. The van der Waals surface area contributed by atoms with Crippen LogP contribution in [-0.4, -0.2) is 69.7 Å². The molecule has 3 rings (SSSR count). The first kappa shape index (κ1) is 18.3. The molecule has 0 aromatic rings. The number of rotatable bonds is 3. The predicted octanol–water partition coefficient (Wildman–Crippen LogP) is 1.60. The van der Waals surface area contributed by atoms with Gasteiger partial charge in [-0.15, -0.1) is 0 Å². The van der Waals surface area contributed by atoms with Gasteiger partial charge < -0.3 is 33.2 Å². The fourth-order valence-electron chi connectivity index (χ4n) is 3.51. The Labute approximate surface area is 143 Å². The molecule has 0 unspecified atom stereocenters. The van der Waals surface area contributed by atoms with Crippen LogP contribution in [0.5, 0.6) is 0 Å². The van der Waals surface area contributed by atoms with E-state index in [0.717, 1.165) is 5.57 Å². The molecule has 24 heavy (non-hydrogen) atoms. The number of hydrogen-bond acceptors (Lipinski definition) is 7. The summed E-state index contributed by atoms with van der Waals surface area (Å²) < 4.78 is 41.3. The standard InChI is InChI=1S/C17H28O7/c1-15(2)21-9-10-8-11(18-5)13-14(12(10)22-15)24-17(4,20-7)16(3,19-6)23-13/h8,11-14H,9H2,1-7H3/t11-,12+,13-,14-,16+,17+/m0/s1. The Morgan fingerprint density at radius 2 is 1.50 bits per heavy atom. The van der Waals surface area contributed by atoms with E-state index in [0.29, 0.717) is 6.61 Å². The lowest BCUT2D eigenvalue weighted by atomic mass is 9.86. The molecule has 0 aromatic carbocycles. The van der Waals surface area contributed by atoms with Crippen molar-refractivity contribution in [2.24, 2.45) is 0 Å². The van der Waals surface area contributed by atoms with E-state index in [-0.39, 0.29) is 18.3 Å². The molecule has 6 atom stereocenters. The summed E-state index contributed by atoms with van der Waals surface area (Å²) in [6.07, 6.45) is 0.638. The molecule has 138 valence electrons. The Hall–Kier alpha value is -0.540. The minimum atomic E-state index is -1.09. The second kappa shape index (κ2) is 6.02. The van der Waals surface area contributed by atoms with Crippen LogP contribution in [0.4, 0.5) is 0 Å². The Bertz CT molecular complexity index is 519. The first-order valence-electron chi connectivity index (χ1n) is 8.20. The third-order valence-corrected chi connectivity index (χ3v) is 5.29. The summed E-state index contributed by atoms with van der Waals surface area (Å²) in [6, 6.07) is 0. The summed E-state index contributed by atoms with van der Waals surface area (Å²) >= 11 is 0. The van der Waals surface area contributed by atoms with E-state index >= 15 is 0 Å². The summed E-state index contributed by atoms with van der Waals surface area (Å²) in [6.45, 7) is 7.85. The number of ether oxygens (including phenoxy) is 7. The fourth-order valence-corrected chi connectivity index (χ4v) is 3.51. The van der Waals surface area contributed by atoms with E-state index in [9.17, 15) is 0 Å². The van der Waals surface area contributed by atoms with Gasteiger partial charge >= 0.3 is 0 Å². The summed E-state index contributed by atoms with van der Waals surface area (Å²) in [5, 5.41) is 0. The smallest absolute Gasteiger partial charge is 0.220 e. The molecular weight excluding hydrogens is 316 g/mol. The van der Waals surface area contributed by atoms with Crippen molar-refractivity contribution in [3.05, 3.63) is 11.6 Å². The van der Waals surface area contributed by atoms with Gasteiger partial charge in [-0.25, -0.2) is 0 Å². The lowest BCUT2D eigenvalue weighted by Crippen LogP contribution is -2.71. The molecule has 2 aliphatic heterocycles. The lowest BCUT2D eigenvalue weighted by molar-refractivity contribution is -0.464. The maximum absolute atomic E-state index is 6.35. The number of fused-ring (bicyclic) bond motifs is 3.